The molecule has 1 aromatic carbocycles. The third-order valence-corrected chi connectivity index (χ3v) is 2.59. The van der Waals surface area contributed by atoms with E-state index in [1.165, 1.54) is 0 Å². The Morgan fingerprint density at radius 2 is 1.94 bits per heavy atom. The van der Waals surface area contributed by atoms with E-state index in [9.17, 15) is 4.79 Å². The predicted molar refractivity (Wildman–Crippen MR) is 76.4 cm³/mol. The van der Waals surface area contributed by atoms with Gasteiger partial charge in [0.15, 0.2) is 0 Å². The minimum atomic E-state index is 0.0374. The van der Waals surface area contributed by atoms with Crippen LogP contribution in [0.4, 0.5) is 11.4 Å². The second kappa shape index (κ2) is 7.01. The van der Waals surface area contributed by atoms with Gasteiger partial charge in [0.05, 0.1) is 0 Å². The van der Waals surface area contributed by atoms with Gasteiger partial charge in [-0.2, -0.15) is 0 Å². The highest BCUT2D eigenvalue weighted by Gasteiger charge is 2.06. The average Bonchev–Trinajstić information content (AvgIpc) is 2.29. The van der Waals surface area contributed by atoms with Crippen molar-refractivity contribution in [2.45, 2.75) is 20.3 Å². The summed E-state index contributed by atoms with van der Waals surface area (Å²) in [6.07, 6.45) is 0.508. The van der Waals surface area contributed by atoms with Crippen LogP contribution in [0, 0.1) is 5.92 Å². The molecule has 0 aliphatic rings. The van der Waals surface area contributed by atoms with Gasteiger partial charge in [0.25, 0.3) is 0 Å². The summed E-state index contributed by atoms with van der Waals surface area (Å²) in [6.45, 7) is 6.13. The van der Waals surface area contributed by atoms with E-state index in [0.29, 0.717) is 18.0 Å². The van der Waals surface area contributed by atoms with Crippen molar-refractivity contribution in [1.29, 1.82) is 0 Å². The Morgan fingerprint density at radius 1 is 1.33 bits per heavy atom. The molecule has 3 N–H and O–H groups in total. The number of rotatable bonds is 6. The molecule has 0 spiro atoms. The summed E-state index contributed by atoms with van der Waals surface area (Å²) in [7, 11) is 2.04. The summed E-state index contributed by atoms with van der Waals surface area (Å²) in [5.41, 5.74) is 7.07. The van der Waals surface area contributed by atoms with Crippen molar-refractivity contribution in [2.24, 2.45) is 5.92 Å². The third-order valence-electron chi connectivity index (χ3n) is 2.59. The predicted octanol–water partition coefficient (Wildman–Crippen LogP) is 2.19. The fraction of sp³-hybridized carbons (Fsp3) is 0.500. The smallest absolute Gasteiger partial charge is 0.225 e. The van der Waals surface area contributed by atoms with Gasteiger partial charge >= 0.3 is 0 Å². The molecule has 0 fully saturated rings. The number of benzene rings is 1. The Kier molecular flexibility index (Phi) is 5.65. The quantitative estimate of drug-likeness (QED) is 0.760. The number of nitrogens with two attached hydrogens (primary N) is 1. The number of nitrogens with one attached hydrogen (secondary N) is 1. The minimum absolute atomic E-state index is 0.0374. The van der Waals surface area contributed by atoms with Crippen molar-refractivity contribution < 1.29 is 4.79 Å². The second-order valence-electron chi connectivity index (χ2n) is 5.08. The Hall–Kier alpha value is -1.55. The molecule has 1 amide bonds. The molecule has 18 heavy (non-hydrogen) atoms. The van der Waals surface area contributed by atoms with E-state index in [0.717, 1.165) is 18.8 Å². The maximum atomic E-state index is 11.7. The molecule has 0 saturated heterocycles. The maximum absolute atomic E-state index is 11.7. The molecule has 0 atom stereocenters. The average molecular weight is 249 g/mol. The van der Waals surface area contributed by atoms with Crippen molar-refractivity contribution in [3.63, 3.8) is 0 Å². The lowest BCUT2D eigenvalue weighted by Crippen LogP contribution is -2.27. The highest BCUT2D eigenvalue weighted by atomic mass is 16.1. The minimum Gasteiger partial charge on any atom is -0.399 e. The van der Waals surface area contributed by atoms with Crippen molar-refractivity contribution in [3.05, 3.63) is 24.3 Å². The molecule has 0 aliphatic heterocycles. The molecular weight excluding hydrogens is 226 g/mol. The van der Waals surface area contributed by atoms with Gasteiger partial charge in [0, 0.05) is 30.9 Å². The fourth-order valence-corrected chi connectivity index (χ4v) is 1.80. The van der Waals surface area contributed by atoms with E-state index in [1.54, 1.807) is 12.1 Å². The van der Waals surface area contributed by atoms with E-state index in [-0.39, 0.29) is 5.91 Å². The lowest BCUT2D eigenvalue weighted by Gasteiger charge is -2.18. The van der Waals surface area contributed by atoms with Gasteiger partial charge in [-0.25, -0.2) is 0 Å². The number of carbonyl (C=O) groups excluding carboxylic acids is 1. The Morgan fingerprint density at radius 3 is 2.50 bits per heavy atom. The van der Waals surface area contributed by atoms with E-state index in [1.807, 2.05) is 19.2 Å². The van der Waals surface area contributed by atoms with Crippen molar-refractivity contribution in [1.82, 2.24) is 4.90 Å². The lowest BCUT2D eigenvalue weighted by molar-refractivity contribution is -0.116. The second-order valence-corrected chi connectivity index (χ2v) is 5.08. The largest absolute Gasteiger partial charge is 0.399 e. The van der Waals surface area contributed by atoms with Crippen LogP contribution in [0.5, 0.6) is 0 Å². The SMILES string of the molecule is CC(C)CN(C)CCC(=O)Nc1ccc(N)cc1. The zero-order chi connectivity index (χ0) is 13.5. The number of hydrogen-bond donors (Lipinski definition) is 2. The van der Waals surface area contributed by atoms with Gasteiger partial charge in [-0.15, -0.1) is 0 Å². The molecule has 4 nitrogen and oxygen atoms in total. The third kappa shape index (κ3) is 5.68. The van der Waals surface area contributed by atoms with Gasteiger partial charge in [0.1, 0.15) is 0 Å². The van der Waals surface area contributed by atoms with Gasteiger partial charge in [-0.1, -0.05) is 13.8 Å². The van der Waals surface area contributed by atoms with E-state index in [2.05, 4.69) is 24.1 Å². The Balaban J connectivity index is 2.31. The summed E-state index contributed by atoms with van der Waals surface area (Å²) >= 11 is 0. The number of anilines is 2. The molecule has 1 rings (SSSR count). The fourth-order valence-electron chi connectivity index (χ4n) is 1.80. The molecule has 0 radical (unpaired) electrons. The van der Waals surface area contributed by atoms with Crippen molar-refractivity contribution in [2.75, 3.05) is 31.2 Å². The molecule has 0 aliphatic carbocycles. The van der Waals surface area contributed by atoms with Crippen LogP contribution in [-0.4, -0.2) is 30.9 Å². The molecule has 0 bridgehead atoms. The molecule has 0 unspecified atom stereocenters. The maximum Gasteiger partial charge on any atom is 0.225 e. The van der Waals surface area contributed by atoms with Crippen LogP contribution in [0.3, 0.4) is 0 Å². The summed E-state index contributed by atoms with van der Waals surface area (Å²) in [5, 5.41) is 2.86. The summed E-state index contributed by atoms with van der Waals surface area (Å²) in [6, 6.07) is 7.18. The van der Waals surface area contributed by atoms with Gasteiger partial charge < -0.3 is 16.0 Å². The Labute approximate surface area is 109 Å². The first-order valence-electron chi connectivity index (χ1n) is 6.31. The van der Waals surface area contributed by atoms with E-state index >= 15 is 0 Å². The molecule has 0 aromatic heterocycles. The first-order chi connectivity index (χ1) is 8.47. The van der Waals surface area contributed by atoms with Crippen LogP contribution in [-0.2, 0) is 4.79 Å². The number of nitrogen functional groups attached to an aromatic ring is 1. The van der Waals surface area contributed by atoms with Crippen LogP contribution in [0.2, 0.25) is 0 Å². The summed E-state index contributed by atoms with van der Waals surface area (Å²) in [4.78, 5) is 13.9. The molecule has 0 saturated carbocycles. The van der Waals surface area contributed by atoms with Crippen LogP contribution in [0.25, 0.3) is 0 Å². The zero-order valence-corrected chi connectivity index (χ0v) is 11.4. The van der Waals surface area contributed by atoms with E-state index in [4.69, 9.17) is 5.73 Å². The van der Waals surface area contributed by atoms with Crippen LogP contribution in [0.1, 0.15) is 20.3 Å². The van der Waals surface area contributed by atoms with Gasteiger partial charge in [-0.3, -0.25) is 4.79 Å². The first kappa shape index (κ1) is 14.5. The number of nitrogens with zero attached hydrogens (tertiary/aromatic N) is 1. The van der Waals surface area contributed by atoms with E-state index < -0.39 is 0 Å². The first-order valence-corrected chi connectivity index (χ1v) is 6.31. The monoisotopic (exact) mass is 249 g/mol. The van der Waals surface area contributed by atoms with Crippen molar-refractivity contribution in [3.8, 4) is 0 Å². The number of hydrogen-bond acceptors (Lipinski definition) is 3. The van der Waals surface area contributed by atoms with Gasteiger partial charge in [-0.05, 0) is 37.2 Å². The molecule has 4 heteroatoms. The van der Waals surface area contributed by atoms with Crippen LogP contribution < -0.4 is 11.1 Å². The zero-order valence-electron chi connectivity index (χ0n) is 11.4. The van der Waals surface area contributed by atoms with Gasteiger partial charge in [0.2, 0.25) is 5.91 Å². The number of amides is 1. The van der Waals surface area contributed by atoms with Crippen LogP contribution in [0.15, 0.2) is 24.3 Å². The Bertz CT molecular complexity index is 373. The lowest BCUT2D eigenvalue weighted by atomic mass is 10.2. The molecule has 1 aromatic rings. The molecule has 100 valence electrons. The standard InChI is InChI=1S/C14H23N3O/c1-11(2)10-17(3)9-8-14(18)16-13-6-4-12(15)5-7-13/h4-7,11H,8-10,15H2,1-3H3,(H,16,18). The van der Waals surface area contributed by atoms with Crippen molar-refractivity contribution >= 4 is 17.3 Å². The summed E-state index contributed by atoms with van der Waals surface area (Å²) in [5.74, 6) is 0.658. The normalized spacial score (nSPS) is 10.9. The molecular formula is C14H23N3O. The summed E-state index contributed by atoms with van der Waals surface area (Å²) < 4.78 is 0. The highest BCUT2D eigenvalue weighted by Crippen LogP contribution is 2.10. The van der Waals surface area contributed by atoms with Crippen LogP contribution >= 0.6 is 0 Å². The topological polar surface area (TPSA) is 58.4 Å². The number of carbonyl (C=O) groups is 1. The molecule has 0 heterocycles. The highest BCUT2D eigenvalue weighted by molar-refractivity contribution is 5.90.